The predicted octanol–water partition coefficient (Wildman–Crippen LogP) is 3.11. The Labute approximate surface area is 106 Å². The second kappa shape index (κ2) is 3.74. The van der Waals surface area contributed by atoms with E-state index in [9.17, 15) is 4.79 Å². The van der Waals surface area contributed by atoms with Crippen LogP contribution in [0, 0.1) is 5.92 Å². The minimum atomic E-state index is -0.0414. The van der Waals surface area contributed by atoms with Gasteiger partial charge in [-0.15, -0.1) is 0 Å². The second-order valence-electron chi connectivity index (χ2n) is 4.97. The number of hydrogen-bond donors (Lipinski definition) is 0. The van der Waals surface area contributed by atoms with Gasteiger partial charge in [-0.3, -0.25) is 4.79 Å². The summed E-state index contributed by atoms with van der Waals surface area (Å²) in [6, 6.07) is 6.05. The molecule has 2 atom stereocenters. The average Bonchev–Trinajstić information content (AvgIpc) is 2.93. The van der Waals surface area contributed by atoms with Crippen molar-refractivity contribution < 1.29 is 9.53 Å². The molecule has 0 aliphatic heterocycles. The van der Waals surface area contributed by atoms with E-state index in [0.29, 0.717) is 6.61 Å². The van der Waals surface area contributed by atoms with Gasteiger partial charge in [-0.1, -0.05) is 17.7 Å². The van der Waals surface area contributed by atoms with Gasteiger partial charge in [-0.25, -0.2) is 0 Å². The largest absolute Gasteiger partial charge is 0.466 e. The number of fused-ring (bicyclic) bond motifs is 2. The summed E-state index contributed by atoms with van der Waals surface area (Å²) in [6.45, 7) is 2.32. The zero-order valence-corrected chi connectivity index (χ0v) is 10.6. The van der Waals surface area contributed by atoms with E-state index in [1.807, 2.05) is 19.1 Å². The lowest BCUT2D eigenvalue weighted by atomic mass is 9.95. The average molecular weight is 251 g/mol. The highest BCUT2D eigenvalue weighted by Gasteiger charge is 2.62. The molecule has 2 aliphatic rings. The zero-order chi connectivity index (χ0) is 12.0. The minimum absolute atomic E-state index is 0.0414. The fourth-order valence-electron chi connectivity index (χ4n) is 3.15. The number of esters is 1. The normalized spacial score (nSPS) is 29.2. The van der Waals surface area contributed by atoms with Gasteiger partial charge in [0.2, 0.25) is 0 Å². The van der Waals surface area contributed by atoms with Crippen LogP contribution in [0.4, 0.5) is 0 Å². The van der Waals surface area contributed by atoms with Gasteiger partial charge in [0.1, 0.15) is 0 Å². The molecule has 0 aromatic heterocycles. The molecule has 1 aromatic carbocycles. The fourth-order valence-corrected chi connectivity index (χ4v) is 3.33. The van der Waals surface area contributed by atoms with Crippen molar-refractivity contribution in [1.29, 1.82) is 0 Å². The molecule has 0 unspecified atom stereocenters. The maximum absolute atomic E-state index is 11.8. The molecule has 1 saturated carbocycles. The van der Waals surface area contributed by atoms with Crippen LogP contribution >= 0.6 is 11.6 Å². The SMILES string of the molecule is CCOC(=O)[C@@H]1C[C@@]12CCc1ccc(Cl)cc12. The molecule has 2 aliphatic carbocycles. The molecule has 17 heavy (non-hydrogen) atoms. The Morgan fingerprint density at radius 3 is 3.18 bits per heavy atom. The minimum Gasteiger partial charge on any atom is -0.466 e. The number of carbonyl (C=O) groups excluding carboxylic acids is 1. The molecular weight excluding hydrogens is 236 g/mol. The summed E-state index contributed by atoms with van der Waals surface area (Å²) in [4.78, 5) is 11.8. The molecule has 90 valence electrons. The van der Waals surface area contributed by atoms with Crippen LogP contribution in [0.5, 0.6) is 0 Å². The van der Waals surface area contributed by atoms with Gasteiger partial charge >= 0.3 is 5.97 Å². The van der Waals surface area contributed by atoms with Crippen molar-refractivity contribution in [1.82, 2.24) is 0 Å². The molecule has 0 amide bonds. The first-order chi connectivity index (χ1) is 8.17. The predicted molar refractivity (Wildman–Crippen MR) is 66.2 cm³/mol. The summed E-state index contributed by atoms with van der Waals surface area (Å²) in [5, 5.41) is 0.763. The van der Waals surface area contributed by atoms with Gasteiger partial charge < -0.3 is 4.74 Å². The van der Waals surface area contributed by atoms with Crippen molar-refractivity contribution in [2.45, 2.75) is 31.6 Å². The number of aryl methyl sites for hydroxylation is 1. The maximum atomic E-state index is 11.8. The number of carbonyl (C=O) groups is 1. The smallest absolute Gasteiger partial charge is 0.309 e. The molecule has 0 N–H and O–H groups in total. The van der Waals surface area contributed by atoms with Gasteiger partial charge in [0, 0.05) is 10.4 Å². The third-order valence-electron chi connectivity index (χ3n) is 4.10. The molecular formula is C14H15ClO2. The molecule has 2 nitrogen and oxygen atoms in total. The van der Waals surface area contributed by atoms with E-state index in [2.05, 4.69) is 6.07 Å². The summed E-state index contributed by atoms with van der Waals surface area (Å²) in [5.41, 5.74) is 2.68. The van der Waals surface area contributed by atoms with E-state index in [0.717, 1.165) is 24.3 Å². The number of rotatable bonds is 2. The van der Waals surface area contributed by atoms with Crippen molar-refractivity contribution in [3.63, 3.8) is 0 Å². The van der Waals surface area contributed by atoms with Crippen LogP contribution in [0.2, 0.25) is 5.02 Å². The van der Waals surface area contributed by atoms with Crippen LogP contribution in [0.25, 0.3) is 0 Å². The maximum Gasteiger partial charge on any atom is 0.309 e. The highest BCUT2D eigenvalue weighted by Crippen LogP contribution is 2.62. The van der Waals surface area contributed by atoms with Crippen molar-refractivity contribution >= 4 is 17.6 Å². The topological polar surface area (TPSA) is 26.3 Å². The van der Waals surface area contributed by atoms with E-state index >= 15 is 0 Å². The number of hydrogen-bond acceptors (Lipinski definition) is 2. The summed E-state index contributed by atoms with van der Waals surface area (Å²) in [7, 11) is 0. The van der Waals surface area contributed by atoms with Crippen molar-refractivity contribution in [3.8, 4) is 0 Å². The third kappa shape index (κ3) is 1.58. The van der Waals surface area contributed by atoms with E-state index in [4.69, 9.17) is 16.3 Å². The van der Waals surface area contributed by atoms with Crippen molar-refractivity contribution in [2.75, 3.05) is 6.61 Å². The van der Waals surface area contributed by atoms with E-state index in [1.165, 1.54) is 11.1 Å². The van der Waals surface area contributed by atoms with Crippen LogP contribution in [0.3, 0.4) is 0 Å². The Bertz CT molecular complexity index is 483. The molecule has 1 aromatic rings. The summed E-state index contributed by atoms with van der Waals surface area (Å²) in [5.74, 6) is 0.0162. The highest BCUT2D eigenvalue weighted by atomic mass is 35.5. The van der Waals surface area contributed by atoms with E-state index < -0.39 is 0 Å². The lowest BCUT2D eigenvalue weighted by Crippen LogP contribution is -2.15. The Hall–Kier alpha value is -1.02. The van der Waals surface area contributed by atoms with Gasteiger partial charge in [0.05, 0.1) is 12.5 Å². The quantitative estimate of drug-likeness (QED) is 0.754. The molecule has 3 heteroatoms. The number of benzene rings is 1. The first kappa shape index (κ1) is 11.1. The summed E-state index contributed by atoms with van der Waals surface area (Å²) in [6.07, 6.45) is 3.05. The zero-order valence-electron chi connectivity index (χ0n) is 9.83. The van der Waals surface area contributed by atoms with Crippen LogP contribution in [-0.2, 0) is 21.4 Å². The first-order valence-corrected chi connectivity index (χ1v) is 6.51. The molecule has 3 rings (SSSR count). The van der Waals surface area contributed by atoms with Crippen LogP contribution in [0.15, 0.2) is 18.2 Å². The van der Waals surface area contributed by atoms with Gasteiger partial charge in [0.25, 0.3) is 0 Å². The second-order valence-corrected chi connectivity index (χ2v) is 5.40. The number of halogens is 1. The Kier molecular flexibility index (Phi) is 2.44. The van der Waals surface area contributed by atoms with Crippen molar-refractivity contribution in [3.05, 3.63) is 34.3 Å². The van der Waals surface area contributed by atoms with E-state index in [1.54, 1.807) is 0 Å². The fraction of sp³-hybridized carbons (Fsp3) is 0.500. The van der Waals surface area contributed by atoms with Gasteiger partial charge in [-0.05, 0) is 49.4 Å². The molecule has 0 radical (unpaired) electrons. The van der Waals surface area contributed by atoms with Gasteiger partial charge in [-0.2, -0.15) is 0 Å². The Balaban J connectivity index is 1.90. The first-order valence-electron chi connectivity index (χ1n) is 6.13. The standard InChI is InChI=1S/C14H15ClO2/c1-2-17-13(16)12-8-14(12)6-5-9-3-4-10(15)7-11(9)14/h3-4,7,12H,2,5-6,8H2,1H3/t12-,14+/m0/s1. The third-order valence-corrected chi connectivity index (χ3v) is 4.33. The monoisotopic (exact) mass is 250 g/mol. The highest BCUT2D eigenvalue weighted by molar-refractivity contribution is 6.30. The van der Waals surface area contributed by atoms with E-state index in [-0.39, 0.29) is 17.3 Å². The lowest BCUT2D eigenvalue weighted by Gasteiger charge is -2.11. The molecule has 0 bridgehead atoms. The van der Waals surface area contributed by atoms with Gasteiger partial charge in [0.15, 0.2) is 0 Å². The lowest BCUT2D eigenvalue weighted by molar-refractivity contribution is -0.145. The molecule has 0 heterocycles. The van der Waals surface area contributed by atoms with Crippen LogP contribution in [-0.4, -0.2) is 12.6 Å². The summed E-state index contributed by atoms with van der Waals surface area (Å²) < 4.78 is 5.13. The van der Waals surface area contributed by atoms with Crippen LogP contribution < -0.4 is 0 Å². The molecule has 1 spiro atoms. The van der Waals surface area contributed by atoms with Crippen LogP contribution in [0.1, 0.15) is 30.9 Å². The van der Waals surface area contributed by atoms with Crippen molar-refractivity contribution in [2.24, 2.45) is 5.92 Å². The Morgan fingerprint density at radius 2 is 2.41 bits per heavy atom. The number of ether oxygens (including phenoxy) is 1. The Morgan fingerprint density at radius 1 is 1.59 bits per heavy atom. The summed E-state index contributed by atoms with van der Waals surface area (Å²) >= 11 is 6.05. The molecule has 0 saturated heterocycles. The molecule has 1 fully saturated rings.